The Morgan fingerprint density at radius 3 is 2.54 bits per heavy atom. The van der Waals surface area contributed by atoms with Crippen LogP contribution < -0.4 is 0 Å². The molecular weight excluding hydrogens is 164 g/mol. The molecule has 0 aliphatic carbocycles. The van der Waals surface area contributed by atoms with Crippen LogP contribution in [0, 0.1) is 0 Å². The molecular formula is C10H22N2O. The average Bonchev–Trinajstić information content (AvgIpc) is 2.01. The van der Waals surface area contributed by atoms with Gasteiger partial charge in [0, 0.05) is 24.7 Å². The summed E-state index contributed by atoms with van der Waals surface area (Å²) in [5.41, 5.74) is 0.190. The second-order valence-electron chi connectivity index (χ2n) is 4.63. The van der Waals surface area contributed by atoms with Gasteiger partial charge in [-0.15, -0.1) is 0 Å². The van der Waals surface area contributed by atoms with Crippen LogP contribution in [0.5, 0.6) is 0 Å². The maximum atomic E-state index is 9.27. The molecule has 1 heterocycles. The number of rotatable bonds is 2. The number of hydrogen-bond donors (Lipinski definition) is 1. The van der Waals surface area contributed by atoms with Crippen molar-refractivity contribution in [3.05, 3.63) is 0 Å². The Morgan fingerprint density at radius 1 is 1.46 bits per heavy atom. The zero-order chi connectivity index (χ0) is 10.1. The highest BCUT2D eigenvalue weighted by Gasteiger charge is 2.36. The van der Waals surface area contributed by atoms with Gasteiger partial charge in [-0.05, 0) is 27.4 Å². The minimum absolute atomic E-state index is 0.190. The molecule has 1 aliphatic rings. The fraction of sp³-hybridized carbons (Fsp3) is 1.00. The summed E-state index contributed by atoms with van der Waals surface area (Å²) in [5, 5.41) is 9.27. The van der Waals surface area contributed by atoms with E-state index in [1.54, 1.807) is 0 Å². The Bertz CT molecular complexity index is 170. The molecule has 0 aromatic rings. The second-order valence-corrected chi connectivity index (χ2v) is 4.63. The van der Waals surface area contributed by atoms with Crippen molar-refractivity contribution in [1.82, 2.24) is 9.80 Å². The molecule has 0 radical (unpaired) electrons. The number of hydrogen-bond acceptors (Lipinski definition) is 3. The normalized spacial score (nSPS) is 30.7. The molecule has 1 unspecified atom stereocenters. The Hall–Kier alpha value is -0.120. The van der Waals surface area contributed by atoms with Gasteiger partial charge < -0.3 is 10.0 Å². The highest BCUT2D eigenvalue weighted by atomic mass is 16.3. The summed E-state index contributed by atoms with van der Waals surface area (Å²) in [5.74, 6) is 0. The van der Waals surface area contributed by atoms with Gasteiger partial charge in [0.1, 0.15) is 0 Å². The molecule has 0 aromatic carbocycles. The lowest BCUT2D eigenvalue weighted by molar-refractivity contribution is -0.0322. The summed E-state index contributed by atoms with van der Waals surface area (Å²) < 4.78 is 0. The zero-order valence-electron chi connectivity index (χ0n) is 9.25. The quantitative estimate of drug-likeness (QED) is 0.676. The number of aliphatic hydroxyl groups is 1. The van der Waals surface area contributed by atoms with Crippen molar-refractivity contribution < 1.29 is 5.11 Å². The highest BCUT2D eigenvalue weighted by Crippen LogP contribution is 2.23. The Morgan fingerprint density at radius 2 is 2.08 bits per heavy atom. The lowest BCUT2D eigenvalue weighted by Crippen LogP contribution is -2.63. The largest absolute Gasteiger partial charge is 0.395 e. The first kappa shape index (κ1) is 11.0. The summed E-state index contributed by atoms with van der Waals surface area (Å²) in [6.45, 7) is 10.00. The molecule has 78 valence electrons. The van der Waals surface area contributed by atoms with E-state index < -0.39 is 0 Å². The summed E-state index contributed by atoms with van der Waals surface area (Å²) in [7, 11) is 2.12. The molecule has 0 aromatic heterocycles. The van der Waals surface area contributed by atoms with E-state index in [1.165, 1.54) is 0 Å². The molecule has 1 atom stereocenters. The first-order chi connectivity index (χ1) is 6.01. The number of aliphatic hydroxyl groups excluding tert-OH is 1. The van der Waals surface area contributed by atoms with Gasteiger partial charge in [0.15, 0.2) is 0 Å². The lowest BCUT2D eigenvalue weighted by Gasteiger charge is -2.50. The summed E-state index contributed by atoms with van der Waals surface area (Å²) in [6, 6.07) is 0.304. The van der Waals surface area contributed by atoms with Gasteiger partial charge in [0.2, 0.25) is 0 Å². The van der Waals surface area contributed by atoms with E-state index in [1.807, 2.05) is 0 Å². The van der Waals surface area contributed by atoms with E-state index in [0.29, 0.717) is 6.04 Å². The third-order valence-corrected chi connectivity index (χ3v) is 2.95. The van der Waals surface area contributed by atoms with Crippen molar-refractivity contribution >= 4 is 0 Å². The molecule has 1 fully saturated rings. The monoisotopic (exact) mass is 186 g/mol. The van der Waals surface area contributed by atoms with Crippen molar-refractivity contribution in [3.8, 4) is 0 Å². The number of piperazine rings is 1. The van der Waals surface area contributed by atoms with Crippen molar-refractivity contribution in [3.63, 3.8) is 0 Å². The van der Waals surface area contributed by atoms with Gasteiger partial charge in [-0.3, -0.25) is 4.90 Å². The van der Waals surface area contributed by atoms with Crippen LogP contribution >= 0.6 is 0 Å². The number of likely N-dealkylation sites (N-methyl/N-ethyl adjacent to an activating group) is 2. The van der Waals surface area contributed by atoms with Crippen molar-refractivity contribution in [2.24, 2.45) is 0 Å². The van der Waals surface area contributed by atoms with Gasteiger partial charge >= 0.3 is 0 Å². The lowest BCUT2D eigenvalue weighted by atomic mass is 9.95. The van der Waals surface area contributed by atoms with E-state index in [-0.39, 0.29) is 12.1 Å². The molecule has 1 N–H and O–H groups in total. The molecule has 3 heteroatoms. The summed E-state index contributed by atoms with van der Waals surface area (Å²) >= 11 is 0. The molecule has 0 spiro atoms. The third-order valence-electron chi connectivity index (χ3n) is 2.95. The van der Waals surface area contributed by atoms with E-state index in [4.69, 9.17) is 0 Å². The van der Waals surface area contributed by atoms with Crippen LogP contribution in [-0.4, -0.2) is 59.8 Å². The van der Waals surface area contributed by atoms with Crippen LogP contribution in [0.4, 0.5) is 0 Å². The predicted octanol–water partition coefficient (Wildman–Crippen LogP) is 0.393. The van der Waals surface area contributed by atoms with E-state index in [0.717, 1.165) is 19.6 Å². The van der Waals surface area contributed by atoms with Crippen molar-refractivity contribution in [2.75, 3.05) is 33.3 Å². The topological polar surface area (TPSA) is 26.7 Å². The molecule has 0 amide bonds. The Balaban J connectivity index is 2.74. The van der Waals surface area contributed by atoms with Crippen LogP contribution in [0.15, 0.2) is 0 Å². The first-order valence-corrected chi connectivity index (χ1v) is 5.07. The zero-order valence-corrected chi connectivity index (χ0v) is 9.25. The summed E-state index contributed by atoms with van der Waals surface area (Å²) in [6.07, 6.45) is 0. The van der Waals surface area contributed by atoms with Crippen LogP contribution in [0.1, 0.15) is 20.8 Å². The minimum Gasteiger partial charge on any atom is -0.395 e. The van der Waals surface area contributed by atoms with Crippen LogP contribution in [-0.2, 0) is 0 Å². The van der Waals surface area contributed by atoms with Gasteiger partial charge in [-0.1, -0.05) is 6.92 Å². The van der Waals surface area contributed by atoms with E-state index >= 15 is 0 Å². The standard InChI is InChI=1S/C10H22N2O/c1-5-12-9(7-13)6-11(4)8-10(12,2)3/h9,13H,5-8H2,1-4H3. The maximum Gasteiger partial charge on any atom is 0.0599 e. The van der Waals surface area contributed by atoms with Crippen LogP contribution in [0.25, 0.3) is 0 Å². The Labute approximate surface area is 81.3 Å². The molecule has 13 heavy (non-hydrogen) atoms. The first-order valence-electron chi connectivity index (χ1n) is 5.07. The molecule has 1 rings (SSSR count). The second kappa shape index (κ2) is 3.95. The average molecular weight is 186 g/mol. The fourth-order valence-corrected chi connectivity index (χ4v) is 2.61. The van der Waals surface area contributed by atoms with Gasteiger partial charge in [0.25, 0.3) is 0 Å². The predicted molar refractivity (Wildman–Crippen MR) is 54.8 cm³/mol. The molecule has 1 aliphatic heterocycles. The van der Waals surface area contributed by atoms with Crippen LogP contribution in [0.2, 0.25) is 0 Å². The van der Waals surface area contributed by atoms with Gasteiger partial charge in [0.05, 0.1) is 6.61 Å². The number of nitrogens with zero attached hydrogens (tertiary/aromatic N) is 2. The van der Waals surface area contributed by atoms with Gasteiger partial charge in [-0.2, -0.15) is 0 Å². The van der Waals surface area contributed by atoms with Crippen LogP contribution in [0.3, 0.4) is 0 Å². The maximum absolute atomic E-state index is 9.27. The molecule has 0 saturated carbocycles. The third kappa shape index (κ3) is 2.22. The fourth-order valence-electron chi connectivity index (χ4n) is 2.61. The SMILES string of the molecule is CCN1C(CO)CN(C)CC1(C)C. The van der Waals surface area contributed by atoms with E-state index in [9.17, 15) is 5.11 Å². The summed E-state index contributed by atoms with van der Waals surface area (Å²) in [4.78, 5) is 4.69. The highest BCUT2D eigenvalue weighted by molar-refractivity contribution is 4.93. The molecule has 3 nitrogen and oxygen atoms in total. The van der Waals surface area contributed by atoms with Gasteiger partial charge in [-0.25, -0.2) is 0 Å². The smallest absolute Gasteiger partial charge is 0.0599 e. The van der Waals surface area contributed by atoms with E-state index in [2.05, 4.69) is 37.6 Å². The Kier molecular flexibility index (Phi) is 3.33. The molecule has 1 saturated heterocycles. The molecule has 0 bridgehead atoms. The van der Waals surface area contributed by atoms with Crippen molar-refractivity contribution in [1.29, 1.82) is 0 Å². The minimum atomic E-state index is 0.190. The van der Waals surface area contributed by atoms with Crippen molar-refractivity contribution in [2.45, 2.75) is 32.4 Å².